The molecule has 0 spiro atoms. The Balaban J connectivity index is 1.45. The monoisotopic (exact) mass is 495 g/mol. The summed E-state index contributed by atoms with van der Waals surface area (Å²) >= 11 is 0. The van der Waals surface area contributed by atoms with Crippen molar-refractivity contribution in [3.05, 3.63) is 101 Å². The summed E-state index contributed by atoms with van der Waals surface area (Å²) in [6.45, 7) is 0. The molecule has 8 heteroatoms. The molecule has 0 aromatic heterocycles. The van der Waals surface area contributed by atoms with E-state index in [1.807, 2.05) is 30.3 Å². The number of benzene rings is 3. The lowest BCUT2D eigenvalue weighted by molar-refractivity contribution is -0.114. The van der Waals surface area contributed by atoms with Gasteiger partial charge in [-0.1, -0.05) is 18.2 Å². The van der Waals surface area contributed by atoms with Crippen LogP contribution in [-0.4, -0.2) is 43.6 Å². The molecule has 8 nitrogen and oxygen atoms in total. The number of rotatable bonds is 9. The van der Waals surface area contributed by atoms with E-state index in [2.05, 4.69) is 10.4 Å². The second-order valence-corrected chi connectivity index (χ2v) is 8.63. The Labute approximate surface area is 214 Å². The maximum atomic E-state index is 13.5. The lowest BCUT2D eigenvalue weighted by Crippen LogP contribution is -2.37. The van der Waals surface area contributed by atoms with Crippen molar-refractivity contribution >= 4 is 28.9 Å². The first kappa shape index (κ1) is 24.1. The van der Waals surface area contributed by atoms with Gasteiger partial charge < -0.3 is 9.47 Å². The van der Waals surface area contributed by atoms with Crippen LogP contribution >= 0.6 is 0 Å². The first-order valence-electron chi connectivity index (χ1n) is 11.8. The molecule has 0 saturated carbocycles. The molecule has 186 valence electrons. The van der Waals surface area contributed by atoms with Crippen LogP contribution < -0.4 is 19.9 Å². The fourth-order valence-corrected chi connectivity index (χ4v) is 4.45. The van der Waals surface area contributed by atoms with Gasteiger partial charge in [0.1, 0.15) is 17.7 Å². The third-order valence-corrected chi connectivity index (χ3v) is 6.42. The molecule has 0 aliphatic carbocycles. The number of Topliss-reactive ketones (excluding diaryl/α,β-unsaturated/α-hetero) is 2. The number of anilines is 1. The lowest BCUT2D eigenvalue weighted by atomic mass is 9.93. The van der Waals surface area contributed by atoms with Gasteiger partial charge in [-0.15, -0.1) is 0 Å². The Bertz CT molecular complexity index is 1410. The van der Waals surface area contributed by atoms with Crippen LogP contribution in [0.15, 0.2) is 95.0 Å². The van der Waals surface area contributed by atoms with E-state index >= 15 is 0 Å². The molecule has 2 heterocycles. The molecule has 3 aromatic rings. The van der Waals surface area contributed by atoms with Crippen LogP contribution in [0.25, 0.3) is 0 Å². The standard InChI is InChI=1S/C29H25N3O5/c1-36-21-12-8-18(9-13-21)25(33)16-23-24(17-26(34)19-10-14-22(37-2)15-11-19)30-28-27(23)29(35)32(31-28)20-6-4-3-5-7-20/h3-15,28,31H,16-17H2,1-2H3/t28-/m0/s1. The van der Waals surface area contributed by atoms with Crippen LogP contribution in [0.3, 0.4) is 0 Å². The molecule has 2 aliphatic rings. The van der Waals surface area contributed by atoms with Gasteiger partial charge in [-0.25, -0.2) is 5.01 Å². The maximum absolute atomic E-state index is 13.5. The van der Waals surface area contributed by atoms with Crippen molar-refractivity contribution in [1.82, 2.24) is 5.43 Å². The number of nitrogens with one attached hydrogen (secondary N) is 1. The highest BCUT2D eigenvalue weighted by molar-refractivity contribution is 6.24. The molecule has 1 atom stereocenters. The Hall–Kier alpha value is -4.56. The molecule has 1 saturated heterocycles. The van der Waals surface area contributed by atoms with E-state index in [0.29, 0.717) is 45.2 Å². The summed E-state index contributed by atoms with van der Waals surface area (Å²) in [5.74, 6) is 0.656. The SMILES string of the molecule is COc1ccc(C(=O)CC2=N[C@H]3NN(c4ccccc4)C(=O)C3=C2CC(=O)c2ccc(OC)cc2)cc1. The van der Waals surface area contributed by atoms with E-state index in [4.69, 9.17) is 9.47 Å². The molecular weight excluding hydrogens is 470 g/mol. The van der Waals surface area contributed by atoms with E-state index in [1.165, 1.54) is 5.01 Å². The smallest absolute Gasteiger partial charge is 0.272 e. The highest BCUT2D eigenvalue weighted by Gasteiger charge is 2.43. The van der Waals surface area contributed by atoms with Crippen molar-refractivity contribution in [3.63, 3.8) is 0 Å². The zero-order chi connectivity index (χ0) is 25.9. The van der Waals surface area contributed by atoms with Crippen LogP contribution in [0.4, 0.5) is 5.69 Å². The van der Waals surface area contributed by atoms with Crippen molar-refractivity contribution in [1.29, 1.82) is 0 Å². The van der Waals surface area contributed by atoms with E-state index < -0.39 is 6.17 Å². The van der Waals surface area contributed by atoms with Crippen LogP contribution in [0.1, 0.15) is 33.6 Å². The number of fused-ring (bicyclic) bond motifs is 1. The average molecular weight is 496 g/mol. The van der Waals surface area contributed by atoms with E-state index in [1.54, 1.807) is 62.8 Å². The molecular formula is C29H25N3O5. The summed E-state index contributed by atoms with van der Waals surface area (Å²) in [6, 6.07) is 22.8. The Morgan fingerprint density at radius 3 is 1.89 bits per heavy atom. The first-order valence-corrected chi connectivity index (χ1v) is 11.8. The van der Waals surface area contributed by atoms with E-state index in [9.17, 15) is 14.4 Å². The fourth-order valence-electron chi connectivity index (χ4n) is 4.45. The van der Waals surface area contributed by atoms with Gasteiger partial charge in [0.15, 0.2) is 11.6 Å². The zero-order valence-corrected chi connectivity index (χ0v) is 20.4. The fraction of sp³-hybridized carbons (Fsp3) is 0.172. The first-order chi connectivity index (χ1) is 18.0. The predicted molar refractivity (Wildman–Crippen MR) is 139 cm³/mol. The molecule has 0 radical (unpaired) electrons. The molecule has 1 fully saturated rings. The number of amides is 1. The normalized spacial score (nSPS) is 16.5. The largest absolute Gasteiger partial charge is 0.497 e. The molecule has 0 unspecified atom stereocenters. The van der Waals surface area contributed by atoms with E-state index in [0.717, 1.165) is 0 Å². The van der Waals surface area contributed by atoms with Gasteiger partial charge in [-0.2, -0.15) is 5.43 Å². The number of nitrogens with zero attached hydrogens (tertiary/aromatic N) is 2. The number of methoxy groups -OCH3 is 2. The number of carbonyl (C=O) groups excluding carboxylic acids is 3. The summed E-state index contributed by atoms with van der Waals surface area (Å²) < 4.78 is 10.4. The Morgan fingerprint density at radius 1 is 0.811 bits per heavy atom. The molecule has 3 aromatic carbocycles. The summed E-state index contributed by atoms with van der Waals surface area (Å²) in [5, 5.41) is 1.43. The van der Waals surface area contributed by atoms with Crippen LogP contribution in [-0.2, 0) is 4.79 Å². The van der Waals surface area contributed by atoms with Crippen LogP contribution in [0.2, 0.25) is 0 Å². The van der Waals surface area contributed by atoms with E-state index in [-0.39, 0.29) is 30.3 Å². The Kier molecular flexibility index (Phi) is 6.66. The van der Waals surface area contributed by atoms with Crippen molar-refractivity contribution in [2.24, 2.45) is 4.99 Å². The Morgan fingerprint density at radius 2 is 1.35 bits per heavy atom. The van der Waals surface area contributed by atoms with Gasteiger partial charge in [0.2, 0.25) is 0 Å². The topological polar surface area (TPSA) is 97.3 Å². The maximum Gasteiger partial charge on any atom is 0.272 e. The van der Waals surface area contributed by atoms with Crippen LogP contribution in [0, 0.1) is 0 Å². The zero-order valence-electron chi connectivity index (χ0n) is 20.4. The van der Waals surface area contributed by atoms with Crippen molar-refractivity contribution in [2.75, 3.05) is 19.2 Å². The number of allylic oxidation sites excluding steroid dienone is 1. The highest BCUT2D eigenvalue weighted by atomic mass is 16.5. The van der Waals surface area contributed by atoms with Gasteiger partial charge >= 0.3 is 0 Å². The number of hydrogen-bond donors (Lipinski definition) is 1. The molecule has 37 heavy (non-hydrogen) atoms. The lowest BCUT2D eigenvalue weighted by Gasteiger charge is -2.17. The van der Waals surface area contributed by atoms with Crippen molar-refractivity contribution < 1.29 is 23.9 Å². The van der Waals surface area contributed by atoms with Gasteiger partial charge in [0, 0.05) is 23.3 Å². The van der Waals surface area contributed by atoms with Crippen molar-refractivity contribution in [3.8, 4) is 11.5 Å². The van der Waals surface area contributed by atoms with Gasteiger partial charge in [0.05, 0.1) is 31.9 Å². The summed E-state index contributed by atoms with van der Waals surface area (Å²) in [7, 11) is 3.12. The van der Waals surface area contributed by atoms with Crippen molar-refractivity contribution in [2.45, 2.75) is 19.0 Å². The third kappa shape index (κ3) is 4.79. The third-order valence-electron chi connectivity index (χ3n) is 6.42. The quantitative estimate of drug-likeness (QED) is 0.448. The number of hydrazine groups is 1. The average Bonchev–Trinajstić information content (AvgIpc) is 3.44. The second kappa shape index (κ2) is 10.2. The number of ketones is 2. The molecule has 5 rings (SSSR count). The number of aliphatic imine (C=N–C) groups is 1. The number of para-hydroxylation sites is 1. The minimum Gasteiger partial charge on any atom is -0.497 e. The summed E-state index contributed by atoms with van der Waals surface area (Å²) in [5.41, 5.74) is 6.09. The van der Waals surface area contributed by atoms with Gasteiger partial charge in [0.25, 0.3) is 5.91 Å². The number of ether oxygens (including phenoxy) is 2. The number of carbonyl (C=O) groups is 3. The number of hydrogen-bond acceptors (Lipinski definition) is 7. The van der Waals surface area contributed by atoms with Crippen LogP contribution in [0.5, 0.6) is 11.5 Å². The molecule has 1 amide bonds. The summed E-state index contributed by atoms with van der Waals surface area (Å²) in [6.07, 6.45) is -0.745. The van der Waals surface area contributed by atoms with Gasteiger partial charge in [-0.05, 0) is 66.2 Å². The molecule has 2 aliphatic heterocycles. The highest BCUT2D eigenvalue weighted by Crippen LogP contribution is 2.34. The molecule has 1 N–H and O–H groups in total. The predicted octanol–water partition coefficient (Wildman–Crippen LogP) is 4.18. The van der Waals surface area contributed by atoms with Gasteiger partial charge in [-0.3, -0.25) is 19.4 Å². The second-order valence-electron chi connectivity index (χ2n) is 8.63. The summed E-state index contributed by atoms with van der Waals surface area (Å²) in [4.78, 5) is 44.5. The minimum atomic E-state index is -0.662. The molecule has 0 bridgehead atoms. The minimum absolute atomic E-state index is 0.0299.